The van der Waals surface area contributed by atoms with Crippen molar-refractivity contribution in [1.82, 2.24) is 9.80 Å². The molecule has 28 heavy (non-hydrogen) atoms. The average Bonchev–Trinajstić information content (AvgIpc) is 3.27. The van der Waals surface area contributed by atoms with Crippen LogP contribution in [0.4, 0.5) is 0 Å². The molecule has 2 aliphatic heterocycles. The van der Waals surface area contributed by atoms with E-state index in [-0.39, 0.29) is 11.8 Å². The maximum atomic E-state index is 12.7. The van der Waals surface area contributed by atoms with Crippen LogP contribution in [-0.2, 0) is 6.54 Å². The number of nitrogens with zero attached hydrogens (tertiary/aromatic N) is 3. The Labute approximate surface area is 167 Å². The molecule has 144 valence electrons. The number of amides is 1. The lowest BCUT2D eigenvalue weighted by atomic mass is 9.98. The monoisotopic (exact) mass is 373 g/mol. The van der Waals surface area contributed by atoms with Gasteiger partial charge in [-0.05, 0) is 67.6 Å². The fraction of sp³-hybridized carbons (Fsp3) is 0.417. The number of benzene rings is 2. The standard InChI is InChI=1S/C24H27N3O/c25-16-20-4-3-15-27(18-20)24(28)23-11-9-22(10-12-23)21-7-5-19(6-8-21)17-26-13-1-2-14-26/h5-12,20H,1-4,13-15,17-18H2/t20-/m0/s1. The first-order valence-electron chi connectivity index (χ1n) is 10.3. The molecule has 4 heteroatoms. The average molecular weight is 374 g/mol. The number of piperidine rings is 1. The Morgan fingerprint density at radius 1 is 0.929 bits per heavy atom. The van der Waals surface area contributed by atoms with E-state index in [1.54, 1.807) is 0 Å². The van der Waals surface area contributed by atoms with Gasteiger partial charge in [0.2, 0.25) is 0 Å². The number of carbonyl (C=O) groups is 1. The number of carbonyl (C=O) groups excluding carboxylic acids is 1. The molecule has 0 bridgehead atoms. The van der Waals surface area contributed by atoms with E-state index in [2.05, 4.69) is 35.2 Å². The highest BCUT2D eigenvalue weighted by molar-refractivity contribution is 5.94. The van der Waals surface area contributed by atoms with Crippen molar-refractivity contribution in [2.45, 2.75) is 32.2 Å². The third-order valence-corrected chi connectivity index (χ3v) is 5.92. The van der Waals surface area contributed by atoms with Gasteiger partial charge in [0.25, 0.3) is 5.91 Å². The SMILES string of the molecule is N#C[C@@H]1CCCN(C(=O)c2ccc(-c3ccc(CN4CCCC4)cc3)cc2)C1. The second-order valence-corrected chi connectivity index (χ2v) is 7.98. The van der Waals surface area contributed by atoms with Crippen LogP contribution in [0.15, 0.2) is 48.5 Å². The zero-order valence-electron chi connectivity index (χ0n) is 16.3. The molecule has 1 amide bonds. The lowest BCUT2D eigenvalue weighted by molar-refractivity contribution is 0.0699. The van der Waals surface area contributed by atoms with Crippen LogP contribution in [0, 0.1) is 17.2 Å². The summed E-state index contributed by atoms with van der Waals surface area (Å²) in [4.78, 5) is 17.1. The van der Waals surface area contributed by atoms with Gasteiger partial charge in [0.15, 0.2) is 0 Å². The summed E-state index contributed by atoms with van der Waals surface area (Å²) in [5, 5.41) is 9.13. The maximum Gasteiger partial charge on any atom is 0.253 e. The molecule has 2 aliphatic rings. The fourth-order valence-corrected chi connectivity index (χ4v) is 4.26. The molecular formula is C24H27N3O. The van der Waals surface area contributed by atoms with Crippen LogP contribution in [0.2, 0.25) is 0 Å². The Morgan fingerprint density at radius 3 is 2.21 bits per heavy atom. The summed E-state index contributed by atoms with van der Waals surface area (Å²) >= 11 is 0. The Bertz CT molecular complexity index is 845. The predicted octanol–water partition coefficient (Wildman–Crippen LogP) is 4.33. The van der Waals surface area contributed by atoms with Gasteiger partial charge in [-0.3, -0.25) is 9.69 Å². The second-order valence-electron chi connectivity index (χ2n) is 7.98. The van der Waals surface area contributed by atoms with Crippen LogP contribution in [0.3, 0.4) is 0 Å². The Balaban J connectivity index is 1.41. The molecule has 0 aliphatic carbocycles. The molecule has 0 saturated carbocycles. The number of nitriles is 1. The predicted molar refractivity (Wildman–Crippen MR) is 111 cm³/mol. The molecule has 2 fully saturated rings. The summed E-state index contributed by atoms with van der Waals surface area (Å²) in [7, 11) is 0. The number of hydrogen-bond donors (Lipinski definition) is 0. The lowest BCUT2D eigenvalue weighted by Gasteiger charge is -2.29. The van der Waals surface area contributed by atoms with Gasteiger partial charge < -0.3 is 4.90 Å². The molecule has 2 heterocycles. The molecule has 0 radical (unpaired) electrons. The first-order chi connectivity index (χ1) is 13.7. The number of rotatable bonds is 4. The van der Waals surface area contributed by atoms with E-state index in [0.717, 1.165) is 31.5 Å². The number of likely N-dealkylation sites (tertiary alicyclic amines) is 2. The first kappa shape index (κ1) is 18.7. The van der Waals surface area contributed by atoms with Gasteiger partial charge in [0, 0.05) is 25.2 Å². The van der Waals surface area contributed by atoms with E-state index in [0.29, 0.717) is 12.1 Å². The minimum absolute atomic E-state index is 0.0314. The Hall–Kier alpha value is -2.64. The lowest BCUT2D eigenvalue weighted by Crippen LogP contribution is -2.39. The van der Waals surface area contributed by atoms with Gasteiger partial charge in [0.05, 0.1) is 12.0 Å². The van der Waals surface area contributed by atoms with Gasteiger partial charge in [-0.2, -0.15) is 5.26 Å². The van der Waals surface area contributed by atoms with Gasteiger partial charge in [-0.25, -0.2) is 0 Å². The van der Waals surface area contributed by atoms with E-state index in [9.17, 15) is 4.79 Å². The summed E-state index contributed by atoms with van der Waals surface area (Å²) in [6.07, 6.45) is 4.44. The van der Waals surface area contributed by atoms with Crippen LogP contribution in [0.25, 0.3) is 11.1 Å². The normalized spacial score (nSPS) is 20.1. The highest BCUT2D eigenvalue weighted by Crippen LogP contribution is 2.23. The minimum Gasteiger partial charge on any atom is -0.337 e. The van der Waals surface area contributed by atoms with Crippen molar-refractivity contribution in [2.75, 3.05) is 26.2 Å². The van der Waals surface area contributed by atoms with Crippen molar-refractivity contribution in [3.05, 3.63) is 59.7 Å². The van der Waals surface area contributed by atoms with E-state index in [4.69, 9.17) is 5.26 Å². The van der Waals surface area contributed by atoms with Gasteiger partial charge >= 0.3 is 0 Å². The van der Waals surface area contributed by atoms with E-state index >= 15 is 0 Å². The molecule has 0 N–H and O–H groups in total. The summed E-state index contributed by atoms with van der Waals surface area (Å²) in [6, 6.07) is 18.9. The Kier molecular flexibility index (Phi) is 5.73. The smallest absolute Gasteiger partial charge is 0.253 e. The summed E-state index contributed by atoms with van der Waals surface area (Å²) in [5.41, 5.74) is 4.35. The molecule has 4 nitrogen and oxygen atoms in total. The second kappa shape index (κ2) is 8.58. The molecule has 4 rings (SSSR count). The van der Waals surface area contributed by atoms with E-state index in [1.165, 1.54) is 37.1 Å². The molecule has 1 atom stereocenters. The van der Waals surface area contributed by atoms with Crippen molar-refractivity contribution in [2.24, 2.45) is 5.92 Å². The summed E-state index contributed by atoms with van der Waals surface area (Å²) < 4.78 is 0. The topological polar surface area (TPSA) is 47.3 Å². The van der Waals surface area contributed by atoms with Crippen LogP contribution in [0.1, 0.15) is 41.6 Å². The minimum atomic E-state index is -0.0314. The van der Waals surface area contributed by atoms with E-state index in [1.807, 2.05) is 29.2 Å². The van der Waals surface area contributed by atoms with Crippen molar-refractivity contribution in [1.29, 1.82) is 5.26 Å². The van der Waals surface area contributed by atoms with Crippen molar-refractivity contribution < 1.29 is 4.79 Å². The molecule has 0 aromatic heterocycles. The van der Waals surface area contributed by atoms with Crippen LogP contribution in [0.5, 0.6) is 0 Å². The van der Waals surface area contributed by atoms with Crippen molar-refractivity contribution >= 4 is 5.91 Å². The molecule has 2 aromatic rings. The van der Waals surface area contributed by atoms with Gasteiger partial charge in [0.1, 0.15) is 0 Å². The zero-order chi connectivity index (χ0) is 19.3. The van der Waals surface area contributed by atoms with Crippen molar-refractivity contribution in [3.63, 3.8) is 0 Å². The van der Waals surface area contributed by atoms with E-state index < -0.39 is 0 Å². The first-order valence-corrected chi connectivity index (χ1v) is 10.3. The summed E-state index contributed by atoms with van der Waals surface area (Å²) in [6.45, 7) is 4.76. The zero-order valence-corrected chi connectivity index (χ0v) is 16.3. The van der Waals surface area contributed by atoms with Gasteiger partial charge in [-0.1, -0.05) is 36.4 Å². The highest BCUT2D eigenvalue weighted by atomic mass is 16.2. The molecule has 0 spiro atoms. The third kappa shape index (κ3) is 4.26. The largest absolute Gasteiger partial charge is 0.337 e. The third-order valence-electron chi connectivity index (χ3n) is 5.92. The van der Waals surface area contributed by atoms with Gasteiger partial charge in [-0.15, -0.1) is 0 Å². The quantitative estimate of drug-likeness (QED) is 0.802. The Morgan fingerprint density at radius 2 is 1.57 bits per heavy atom. The van der Waals surface area contributed by atoms with Crippen LogP contribution in [-0.4, -0.2) is 41.9 Å². The maximum absolute atomic E-state index is 12.7. The molecule has 0 unspecified atom stereocenters. The molecule has 2 aromatic carbocycles. The summed E-state index contributed by atoms with van der Waals surface area (Å²) in [5.74, 6) is 0.00325. The molecular weight excluding hydrogens is 346 g/mol. The number of hydrogen-bond acceptors (Lipinski definition) is 3. The fourth-order valence-electron chi connectivity index (χ4n) is 4.26. The van der Waals surface area contributed by atoms with Crippen LogP contribution < -0.4 is 0 Å². The van der Waals surface area contributed by atoms with Crippen LogP contribution >= 0.6 is 0 Å². The highest BCUT2D eigenvalue weighted by Gasteiger charge is 2.24. The molecule has 2 saturated heterocycles. The van der Waals surface area contributed by atoms with Crippen molar-refractivity contribution in [3.8, 4) is 17.2 Å².